The number of hydrogen-bond donors (Lipinski definition) is 2. The quantitative estimate of drug-likeness (QED) is 0.674. The van der Waals surface area contributed by atoms with Crippen molar-refractivity contribution in [3.05, 3.63) is 54.6 Å². The fourth-order valence-electron chi connectivity index (χ4n) is 1.79. The molecule has 0 bridgehead atoms. The smallest absolute Gasteiger partial charge is 0.265 e. The van der Waals surface area contributed by atoms with Gasteiger partial charge in [0.2, 0.25) is 5.91 Å². The first kappa shape index (κ1) is 19.2. The average Bonchev–Trinajstić information content (AvgIpc) is 2.47. The molecule has 0 heterocycles. The second-order valence-corrected chi connectivity index (χ2v) is 6.19. The Kier molecular flexibility index (Phi) is 7.09. The molecule has 8 heteroatoms. The molecule has 0 spiro atoms. The van der Waals surface area contributed by atoms with E-state index in [2.05, 4.69) is 0 Å². The van der Waals surface area contributed by atoms with Gasteiger partial charge in [0.1, 0.15) is 6.54 Å². The van der Waals surface area contributed by atoms with Crippen LogP contribution in [-0.4, -0.2) is 30.5 Å². The third kappa shape index (κ3) is 4.57. The van der Waals surface area contributed by atoms with Gasteiger partial charge in [-0.2, -0.15) is 0 Å². The molecular weight excluding hydrogens is 433 g/mol. The molecule has 0 aliphatic carbocycles. The van der Waals surface area contributed by atoms with Crippen molar-refractivity contribution in [1.82, 2.24) is 4.47 Å². The zero-order valence-corrected chi connectivity index (χ0v) is 16.1. The third-order valence-electron chi connectivity index (χ3n) is 2.83. The van der Waals surface area contributed by atoms with Crippen molar-refractivity contribution >= 4 is 15.9 Å². The minimum Gasteiger partial charge on any atom is -0.368 e. The number of rotatable bonds is 5. The van der Waals surface area contributed by atoms with Gasteiger partial charge in [-0.3, -0.25) is 10.0 Å². The number of primary amides is 1. The number of amides is 1. The van der Waals surface area contributed by atoms with Crippen molar-refractivity contribution in [1.29, 1.82) is 0 Å². The van der Waals surface area contributed by atoms with Crippen LogP contribution in [0, 0.1) is 41.3 Å². The standard InChI is InChI=1S/C14H14N2O4S.Pr/c15-14(17)10-16(18)21(19,20)13-8-6-12(7-9-13)11-4-2-1-3-5-11;/h1-9,18H,10H2,(H2,15,17);. The van der Waals surface area contributed by atoms with Gasteiger partial charge in [-0.25, -0.2) is 8.42 Å². The normalized spacial score (nSPS) is 11.0. The zero-order valence-electron chi connectivity index (χ0n) is 11.6. The Morgan fingerprint density at radius 3 is 2.00 bits per heavy atom. The Labute approximate surface area is 161 Å². The number of hydrogen-bond acceptors (Lipinski definition) is 4. The van der Waals surface area contributed by atoms with Crippen molar-refractivity contribution in [3.63, 3.8) is 0 Å². The van der Waals surface area contributed by atoms with E-state index in [9.17, 15) is 18.4 Å². The van der Waals surface area contributed by atoms with Crippen LogP contribution >= 0.6 is 0 Å². The van der Waals surface area contributed by atoms with Crippen LogP contribution in [0.15, 0.2) is 59.5 Å². The van der Waals surface area contributed by atoms with Crippen molar-refractivity contribution in [2.75, 3.05) is 6.54 Å². The number of carbonyl (C=O) groups is 1. The van der Waals surface area contributed by atoms with Crippen molar-refractivity contribution in [2.45, 2.75) is 4.90 Å². The zero-order chi connectivity index (χ0) is 15.5. The Morgan fingerprint density at radius 2 is 1.50 bits per heavy atom. The summed E-state index contributed by atoms with van der Waals surface area (Å²) >= 11 is 0. The van der Waals surface area contributed by atoms with Gasteiger partial charge in [0.25, 0.3) is 10.0 Å². The molecule has 113 valence electrons. The molecule has 0 fully saturated rings. The topological polar surface area (TPSA) is 101 Å². The molecule has 22 heavy (non-hydrogen) atoms. The second kappa shape index (κ2) is 8.12. The van der Waals surface area contributed by atoms with Crippen LogP contribution in [0.3, 0.4) is 0 Å². The van der Waals surface area contributed by atoms with E-state index in [1.54, 1.807) is 12.1 Å². The Balaban J connectivity index is 0.00000242. The van der Waals surface area contributed by atoms with Crippen LogP contribution in [0.1, 0.15) is 0 Å². The maximum atomic E-state index is 12.0. The van der Waals surface area contributed by atoms with Gasteiger partial charge in [0, 0.05) is 41.3 Å². The SMILES string of the molecule is NC(=O)CN(O)S(=O)(=O)c1ccc(-c2ccccc2)cc1.[Pr]. The van der Waals surface area contributed by atoms with Gasteiger partial charge in [0.05, 0.1) is 4.90 Å². The molecule has 2 aromatic carbocycles. The summed E-state index contributed by atoms with van der Waals surface area (Å²) in [6, 6.07) is 15.4. The molecule has 0 saturated carbocycles. The number of nitrogens with zero attached hydrogens (tertiary/aromatic N) is 1. The number of hydroxylamine groups is 1. The van der Waals surface area contributed by atoms with Crippen LogP contribution in [-0.2, 0) is 14.8 Å². The molecule has 0 aromatic heterocycles. The molecular formula is C14H14N2O4PrS. The second-order valence-electron chi connectivity index (χ2n) is 4.34. The molecule has 0 aliphatic heterocycles. The van der Waals surface area contributed by atoms with Crippen LogP contribution in [0.5, 0.6) is 0 Å². The van der Waals surface area contributed by atoms with Crippen LogP contribution in [0.2, 0.25) is 0 Å². The Bertz CT molecular complexity index is 733. The summed E-state index contributed by atoms with van der Waals surface area (Å²) in [4.78, 5) is 10.6. The monoisotopic (exact) mass is 447 g/mol. The predicted molar refractivity (Wildman–Crippen MR) is 76.8 cm³/mol. The summed E-state index contributed by atoms with van der Waals surface area (Å²) in [6.45, 7) is -0.789. The fraction of sp³-hybridized carbons (Fsp3) is 0.0714. The van der Waals surface area contributed by atoms with Gasteiger partial charge in [-0.15, -0.1) is 0 Å². The van der Waals surface area contributed by atoms with Crippen molar-refractivity contribution in [3.8, 4) is 11.1 Å². The van der Waals surface area contributed by atoms with E-state index in [0.29, 0.717) is 0 Å². The third-order valence-corrected chi connectivity index (χ3v) is 4.38. The number of benzene rings is 2. The van der Waals surface area contributed by atoms with E-state index in [1.165, 1.54) is 12.1 Å². The summed E-state index contributed by atoms with van der Waals surface area (Å²) < 4.78 is 23.9. The van der Waals surface area contributed by atoms with Gasteiger partial charge < -0.3 is 5.73 Å². The van der Waals surface area contributed by atoms with Gasteiger partial charge in [0.15, 0.2) is 0 Å². The minimum atomic E-state index is -4.14. The largest absolute Gasteiger partial charge is 0.368 e. The first-order valence-electron chi connectivity index (χ1n) is 6.06. The molecule has 0 unspecified atom stereocenters. The van der Waals surface area contributed by atoms with Gasteiger partial charge in [-0.1, -0.05) is 46.9 Å². The van der Waals surface area contributed by atoms with E-state index < -0.39 is 22.5 Å². The van der Waals surface area contributed by atoms with Gasteiger partial charge in [-0.05, 0) is 23.3 Å². The number of sulfonamides is 1. The van der Waals surface area contributed by atoms with E-state index in [1.807, 2.05) is 30.3 Å². The first-order valence-corrected chi connectivity index (χ1v) is 7.50. The van der Waals surface area contributed by atoms with Gasteiger partial charge >= 0.3 is 0 Å². The number of carbonyl (C=O) groups excluding carboxylic acids is 1. The molecule has 1 amide bonds. The molecule has 3 N–H and O–H groups in total. The first-order chi connectivity index (χ1) is 9.91. The maximum Gasteiger partial charge on any atom is 0.265 e. The molecule has 0 aliphatic rings. The van der Waals surface area contributed by atoms with Crippen molar-refractivity contribution < 1.29 is 59.7 Å². The van der Waals surface area contributed by atoms with E-state index in [-0.39, 0.29) is 50.7 Å². The summed E-state index contributed by atoms with van der Waals surface area (Å²) in [5, 5.41) is 9.43. The molecule has 2 rings (SSSR count). The summed E-state index contributed by atoms with van der Waals surface area (Å²) in [5.41, 5.74) is 6.65. The van der Waals surface area contributed by atoms with Crippen LogP contribution < -0.4 is 5.73 Å². The average molecular weight is 447 g/mol. The summed E-state index contributed by atoms with van der Waals surface area (Å²) in [5.74, 6) is -0.943. The van der Waals surface area contributed by atoms with E-state index in [0.717, 1.165) is 11.1 Å². The maximum absolute atomic E-state index is 12.0. The molecule has 1 radical (unpaired) electrons. The Morgan fingerprint density at radius 1 is 1.00 bits per heavy atom. The van der Waals surface area contributed by atoms with E-state index in [4.69, 9.17) is 5.73 Å². The van der Waals surface area contributed by atoms with E-state index >= 15 is 0 Å². The minimum absolute atomic E-state index is 0. The molecule has 0 atom stereocenters. The fourth-order valence-corrected chi connectivity index (χ4v) is 2.81. The summed E-state index contributed by atoms with van der Waals surface area (Å²) in [7, 11) is -4.14. The molecule has 0 saturated heterocycles. The number of nitrogens with two attached hydrogens (primary N) is 1. The van der Waals surface area contributed by atoms with Crippen LogP contribution in [0.4, 0.5) is 0 Å². The predicted octanol–water partition coefficient (Wildman–Crippen LogP) is 1.22. The molecule has 6 nitrogen and oxygen atoms in total. The van der Waals surface area contributed by atoms with Crippen LogP contribution in [0.25, 0.3) is 11.1 Å². The molecule has 2 aromatic rings. The van der Waals surface area contributed by atoms with Crippen molar-refractivity contribution in [2.24, 2.45) is 5.73 Å². The summed E-state index contributed by atoms with van der Waals surface area (Å²) in [6.07, 6.45) is 0. The Hall–Kier alpha value is -0.856.